The summed E-state index contributed by atoms with van der Waals surface area (Å²) in [4.78, 5) is 22.5. The summed E-state index contributed by atoms with van der Waals surface area (Å²) in [5, 5.41) is 4.06. The first-order valence-corrected chi connectivity index (χ1v) is 12.4. The first-order valence-electron chi connectivity index (χ1n) is 12.4. The van der Waals surface area contributed by atoms with Crippen molar-refractivity contribution in [3.05, 3.63) is 94.9 Å². The molecule has 0 bridgehead atoms. The molecule has 8 heteroatoms. The van der Waals surface area contributed by atoms with Crippen LogP contribution in [0.1, 0.15) is 53.5 Å². The third-order valence-corrected chi connectivity index (χ3v) is 6.44. The average Bonchev–Trinajstić information content (AvgIpc) is 3.51. The Morgan fingerprint density at radius 2 is 1.97 bits per heavy atom. The van der Waals surface area contributed by atoms with E-state index in [9.17, 15) is 13.6 Å². The number of ketones is 1. The lowest BCUT2D eigenvalue weighted by Crippen LogP contribution is -2.12. The number of fused-ring (bicyclic) bond motifs is 1. The molecule has 0 atom stereocenters. The molecule has 0 fully saturated rings. The van der Waals surface area contributed by atoms with E-state index in [-0.39, 0.29) is 18.1 Å². The number of nitrogens with zero attached hydrogens (tertiary/aromatic N) is 3. The number of aromatic nitrogens is 2. The van der Waals surface area contributed by atoms with E-state index in [1.807, 2.05) is 36.4 Å². The van der Waals surface area contributed by atoms with Gasteiger partial charge in [0.25, 0.3) is 6.02 Å². The number of amidine groups is 1. The van der Waals surface area contributed by atoms with Crippen molar-refractivity contribution in [2.75, 3.05) is 18.5 Å². The lowest BCUT2D eigenvalue weighted by Gasteiger charge is -2.15. The van der Waals surface area contributed by atoms with Crippen LogP contribution in [0, 0.1) is 11.6 Å². The van der Waals surface area contributed by atoms with Gasteiger partial charge in [-0.05, 0) is 54.3 Å². The molecule has 0 spiro atoms. The number of aliphatic imine (C=N–C) groups is 1. The number of pyridine rings is 1. The first-order chi connectivity index (χ1) is 17.9. The number of anilines is 1. The summed E-state index contributed by atoms with van der Waals surface area (Å²) in [6.45, 7) is 5.80. The molecular weight excluding hydrogens is 474 g/mol. The highest BCUT2D eigenvalue weighted by molar-refractivity contribution is 6.10. The average molecular weight is 503 g/mol. The maximum absolute atomic E-state index is 13.7. The van der Waals surface area contributed by atoms with E-state index in [1.54, 1.807) is 6.20 Å². The van der Waals surface area contributed by atoms with E-state index < -0.39 is 11.6 Å². The molecule has 0 aliphatic carbocycles. The number of ether oxygens (including phenoxy) is 1. The van der Waals surface area contributed by atoms with Gasteiger partial charge in [0.2, 0.25) is 0 Å². The summed E-state index contributed by atoms with van der Waals surface area (Å²) < 4.78 is 34.7. The van der Waals surface area contributed by atoms with E-state index in [4.69, 9.17) is 4.74 Å². The van der Waals surface area contributed by atoms with Crippen LogP contribution < -0.4 is 5.32 Å². The van der Waals surface area contributed by atoms with E-state index >= 15 is 0 Å². The number of carbonyl (C=O) groups excluding carboxylic acids is 1. The molecule has 0 unspecified atom stereocenters. The molecule has 0 saturated heterocycles. The van der Waals surface area contributed by atoms with E-state index in [1.165, 1.54) is 6.07 Å². The summed E-state index contributed by atoms with van der Waals surface area (Å²) in [5.41, 5.74) is 4.74. The van der Waals surface area contributed by atoms with Gasteiger partial charge in [0.1, 0.15) is 6.61 Å². The zero-order valence-electron chi connectivity index (χ0n) is 20.8. The van der Waals surface area contributed by atoms with Gasteiger partial charge in [-0.3, -0.25) is 9.78 Å². The quantitative estimate of drug-likeness (QED) is 0.296. The second-order valence-electron chi connectivity index (χ2n) is 9.39. The highest BCUT2D eigenvalue weighted by Crippen LogP contribution is 2.35. The van der Waals surface area contributed by atoms with E-state index in [0.29, 0.717) is 43.3 Å². The molecule has 190 valence electrons. The number of Topliss-reactive ketones (excluding diaryl/α,β-unsaturated/α-hetero) is 1. The molecule has 2 aromatic heterocycles. The van der Waals surface area contributed by atoms with Gasteiger partial charge in [-0.25, -0.2) is 13.8 Å². The van der Waals surface area contributed by atoms with Gasteiger partial charge in [0, 0.05) is 34.9 Å². The van der Waals surface area contributed by atoms with E-state index in [2.05, 4.69) is 33.7 Å². The lowest BCUT2D eigenvalue weighted by molar-refractivity contribution is 0.0982. The van der Waals surface area contributed by atoms with Crippen LogP contribution in [0.4, 0.5) is 14.5 Å². The molecule has 1 aliphatic rings. The van der Waals surface area contributed by atoms with Crippen molar-refractivity contribution in [2.24, 2.45) is 4.99 Å². The Labute approximate surface area is 214 Å². The van der Waals surface area contributed by atoms with Gasteiger partial charge in [0.15, 0.2) is 17.4 Å². The SMILES string of the molecule is CC(C)c1c(C(=O)CCc2ccc(F)c(F)c2)c2ccc(NC3=NCCO3)cc2n1Cc1ccccn1. The zero-order valence-corrected chi connectivity index (χ0v) is 20.8. The van der Waals surface area contributed by atoms with E-state index in [0.717, 1.165) is 40.1 Å². The maximum atomic E-state index is 13.7. The number of carbonyl (C=O) groups is 1. The number of hydrogen-bond acceptors (Lipinski definition) is 5. The van der Waals surface area contributed by atoms with Crippen LogP contribution in [-0.2, 0) is 17.7 Å². The summed E-state index contributed by atoms with van der Waals surface area (Å²) in [6, 6.07) is 15.9. The molecule has 2 aromatic carbocycles. The third-order valence-electron chi connectivity index (χ3n) is 6.44. The zero-order chi connectivity index (χ0) is 25.9. The Morgan fingerprint density at radius 3 is 2.68 bits per heavy atom. The summed E-state index contributed by atoms with van der Waals surface area (Å²) in [5.74, 6) is -1.79. The molecule has 6 nitrogen and oxygen atoms in total. The minimum absolute atomic E-state index is 0.0394. The Bertz CT molecular complexity index is 1480. The monoisotopic (exact) mass is 502 g/mol. The van der Waals surface area contributed by atoms with Gasteiger partial charge < -0.3 is 14.6 Å². The highest BCUT2D eigenvalue weighted by atomic mass is 19.2. The number of rotatable bonds is 8. The number of hydrogen-bond donors (Lipinski definition) is 1. The lowest BCUT2D eigenvalue weighted by atomic mass is 9.96. The maximum Gasteiger partial charge on any atom is 0.289 e. The van der Waals surface area contributed by atoms with Crippen molar-refractivity contribution in [1.29, 1.82) is 0 Å². The number of aryl methyl sites for hydroxylation is 1. The largest absolute Gasteiger partial charge is 0.463 e. The van der Waals surface area contributed by atoms with Crippen molar-refractivity contribution in [1.82, 2.24) is 9.55 Å². The van der Waals surface area contributed by atoms with Gasteiger partial charge in [0.05, 0.1) is 24.3 Å². The van der Waals surface area contributed by atoms with Crippen LogP contribution in [0.5, 0.6) is 0 Å². The first kappa shape index (κ1) is 24.6. The highest BCUT2D eigenvalue weighted by Gasteiger charge is 2.25. The standard InChI is InChI=1S/C29H28F2N4O2/c1-18(2)28-27(26(36)11-7-19-6-10-23(30)24(31)15-19)22-9-8-20(34-29-33-13-14-37-29)16-25(22)35(28)17-21-5-3-4-12-32-21/h3-6,8-10,12,15-16,18H,7,11,13-14,17H2,1-2H3,(H,33,34). The molecule has 3 heterocycles. The Morgan fingerprint density at radius 1 is 1.11 bits per heavy atom. The minimum Gasteiger partial charge on any atom is -0.463 e. The van der Waals surface area contributed by atoms with Crippen LogP contribution in [0.15, 0.2) is 65.8 Å². The molecule has 1 aliphatic heterocycles. The van der Waals surface area contributed by atoms with Crippen molar-refractivity contribution < 1.29 is 18.3 Å². The van der Waals surface area contributed by atoms with Crippen molar-refractivity contribution in [3.8, 4) is 0 Å². The smallest absolute Gasteiger partial charge is 0.289 e. The molecule has 4 aromatic rings. The second kappa shape index (κ2) is 10.5. The Hall–Kier alpha value is -4.07. The fraction of sp³-hybridized carbons (Fsp3) is 0.276. The predicted molar refractivity (Wildman–Crippen MR) is 140 cm³/mol. The van der Waals surface area contributed by atoms with Crippen LogP contribution in [0.3, 0.4) is 0 Å². The summed E-state index contributed by atoms with van der Waals surface area (Å²) in [6.07, 6.45) is 2.25. The molecule has 0 amide bonds. The Kier molecular flexibility index (Phi) is 6.99. The van der Waals surface area contributed by atoms with Gasteiger partial charge >= 0.3 is 0 Å². The fourth-order valence-corrected chi connectivity index (χ4v) is 4.78. The summed E-state index contributed by atoms with van der Waals surface area (Å²) in [7, 11) is 0. The van der Waals surface area contributed by atoms with Gasteiger partial charge in [-0.1, -0.05) is 32.0 Å². The van der Waals surface area contributed by atoms with Crippen LogP contribution >= 0.6 is 0 Å². The molecule has 1 N–H and O–H groups in total. The fourth-order valence-electron chi connectivity index (χ4n) is 4.78. The third kappa shape index (κ3) is 5.23. The topological polar surface area (TPSA) is 68.5 Å². The molecular formula is C29H28F2N4O2. The Balaban J connectivity index is 1.56. The van der Waals surface area contributed by atoms with Crippen LogP contribution in [0.25, 0.3) is 10.9 Å². The molecule has 37 heavy (non-hydrogen) atoms. The number of halogens is 2. The molecule has 0 saturated carbocycles. The number of benzene rings is 2. The number of nitrogens with one attached hydrogen (secondary N) is 1. The van der Waals surface area contributed by atoms with Crippen molar-refractivity contribution >= 4 is 28.4 Å². The molecule has 0 radical (unpaired) electrons. The van der Waals surface area contributed by atoms with Gasteiger partial charge in [-0.15, -0.1) is 0 Å². The predicted octanol–water partition coefficient (Wildman–Crippen LogP) is 6.10. The van der Waals surface area contributed by atoms with Crippen LogP contribution in [0.2, 0.25) is 0 Å². The normalized spacial score (nSPS) is 13.2. The van der Waals surface area contributed by atoms with Gasteiger partial charge in [-0.2, -0.15) is 0 Å². The minimum atomic E-state index is -0.907. The van der Waals surface area contributed by atoms with Crippen molar-refractivity contribution in [2.45, 2.75) is 39.2 Å². The second-order valence-corrected chi connectivity index (χ2v) is 9.39. The van der Waals surface area contributed by atoms with Crippen LogP contribution in [-0.4, -0.2) is 34.5 Å². The molecule has 5 rings (SSSR count). The van der Waals surface area contributed by atoms with Crippen molar-refractivity contribution in [3.63, 3.8) is 0 Å². The summed E-state index contributed by atoms with van der Waals surface area (Å²) >= 11 is 0.